The molecule has 0 saturated carbocycles. The Bertz CT molecular complexity index is 1020. The van der Waals surface area contributed by atoms with Crippen molar-refractivity contribution < 1.29 is 22.5 Å². The number of aromatic nitrogens is 2. The molecule has 2 aliphatic heterocycles. The van der Waals surface area contributed by atoms with Crippen LogP contribution in [0.4, 0.5) is 0 Å². The standard InChI is InChI=1S/C22H30N4O5S/c1-30-17-10-8-16(9-11-17)22-24-21(31-25-22)7-5-6-20(27)23-18-14-32(28,29)15-19(18)26-12-3-2-4-13-26/h8-11,18-19H,2-7,12-15H2,1H3,(H,23,27)/t18-,19-/m0/s1. The lowest BCUT2D eigenvalue weighted by Crippen LogP contribution is -2.52. The largest absolute Gasteiger partial charge is 0.497 e. The van der Waals surface area contributed by atoms with Gasteiger partial charge >= 0.3 is 0 Å². The van der Waals surface area contributed by atoms with Crippen LogP contribution >= 0.6 is 0 Å². The Morgan fingerprint density at radius 2 is 1.94 bits per heavy atom. The van der Waals surface area contributed by atoms with Gasteiger partial charge in [0.1, 0.15) is 5.75 Å². The summed E-state index contributed by atoms with van der Waals surface area (Å²) >= 11 is 0. The van der Waals surface area contributed by atoms with Crippen molar-refractivity contribution in [1.29, 1.82) is 0 Å². The van der Waals surface area contributed by atoms with E-state index in [-0.39, 0.29) is 35.9 Å². The van der Waals surface area contributed by atoms with E-state index in [0.29, 0.717) is 24.6 Å². The van der Waals surface area contributed by atoms with E-state index in [1.165, 1.54) is 6.42 Å². The molecule has 1 amide bonds. The van der Waals surface area contributed by atoms with Gasteiger partial charge < -0.3 is 14.6 Å². The van der Waals surface area contributed by atoms with Crippen LogP contribution in [0.5, 0.6) is 5.75 Å². The normalized spacial score (nSPS) is 23.2. The lowest BCUT2D eigenvalue weighted by molar-refractivity contribution is -0.122. The Morgan fingerprint density at radius 3 is 2.66 bits per heavy atom. The summed E-state index contributed by atoms with van der Waals surface area (Å²) in [4.78, 5) is 19.1. The van der Waals surface area contributed by atoms with Gasteiger partial charge in [-0.2, -0.15) is 4.98 Å². The molecular formula is C22H30N4O5S. The predicted molar refractivity (Wildman–Crippen MR) is 119 cm³/mol. The molecule has 9 nitrogen and oxygen atoms in total. The fourth-order valence-electron chi connectivity index (χ4n) is 4.47. The quantitative estimate of drug-likeness (QED) is 0.632. The Hall–Kier alpha value is -2.46. The molecule has 0 spiro atoms. The van der Waals surface area contributed by atoms with Gasteiger partial charge in [-0.1, -0.05) is 11.6 Å². The topological polar surface area (TPSA) is 115 Å². The van der Waals surface area contributed by atoms with E-state index in [9.17, 15) is 13.2 Å². The average molecular weight is 463 g/mol. The third-order valence-electron chi connectivity index (χ3n) is 6.14. The van der Waals surface area contributed by atoms with E-state index in [2.05, 4.69) is 20.4 Å². The molecule has 0 radical (unpaired) electrons. The first-order chi connectivity index (χ1) is 15.4. The molecule has 1 N–H and O–H groups in total. The second-order valence-corrected chi connectivity index (χ2v) is 10.7. The molecule has 0 aliphatic carbocycles. The molecule has 2 saturated heterocycles. The minimum absolute atomic E-state index is 0.0226. The third kappa shape index (κ3) is 5.66. The molecule has 0 unspecified atom stereocenters. The number of piperidine rings is 1. The van der Waals surface area contributed by atoms with Crippen LogP contribution in [-0.2, 0) is 21.1 Å². The molecule has 4 rings (SSSR count). The van der Waals surface area contributed by atoms with E-state index in [0.717, 1.165) is 37.2 Å². The fourth-order valence-corrected chi connectivity index (χ4v) is 6.42. The first kappa shape index (κ1) is 22.7. The van der Waals surface area contributed by atoms with Crippen molar-refractivity contribution in [3.8, 4) is 17.1 Å². The molecule has 10 heteroatoms. The number of nitrogens with zero attached hydrogens (tertiary/aromatic N) is 3. The molecular weight excluding hydrogens is 432 g/mol. The summed E-state index contributed by atoms with van der Waals surface area (Å²) < 4.78 is 34.9. The lowest BCUT2D eigenvalue weighted by Gasteiger charge is -2.35. The van der Waals surface area contributed by atoms with E-state index < -0.39 is 9.84 Å². The molecule has 1 aromatic carbocycles. The van der Waals surface area contributed by atoms with Gasteiger partial charge in [0.05, 0.1) is 24.7 Å². The number of methoxy groups -OCH3 is 1. The first-order valence-corrected chi connectivity index (χ1v) is 13.0. The number of carbonyl (C=O) groups excluding carboxylic acids is 1. The van der Waals surface area contributed by atoms with Gasteiger partial charge in [0.15, 0.2) is 9.84 Å². The molecule has 174 valence electrons. The number of aryl methyl sites for hydroxylation is 1. The number of nitrogens with one attached hydrogen (secondary N) is 1. The SMILES string of the molecule is COc1ccc(-c2noc(CCCC(=O)N[C@H]3CS(=O)(=O)C[C@@H]3N3CCCCC3)n2)cc1. The maximum atomic E-state index is 12.5. The Kier molecular flexibility index (Phi) is 7.10. The van der Waals surface area contributed by atoms with Gasteiger partial charge in [-0.05, 0) is 56.6 Å². The summed E-state index contributed by atoms with van der Waals surface area (Å²) in [5.41, 5.74) is 0.824. The van der Waals surface area contributed by atoms with Crippen LogP contribution in [0.15, 0.2) is 28.8 Å². The lowest BCUT2D eigenvalue weighted by atomic mass is 10.0. The van der Waals surface area contributed by atoms with Crippen molar-refractivity contribution in [2.24, 2.45) is 0 Å². The van der Waals surface area contributed by atoms with E-state index in [1.54, 1.807) is 7.11 Å². The number of carbonyl (C=O) groups is 1. The molecule has 2 atom stereocenters. The molecule has 2 fully saturated rings. The highest BCUT2D eigenvalue weighted by Crippen LogP contribution is 2.23. The van der Waals surface area contributed by atoms with Crippen molar-refractivity contribution >= 4 is 15.7 Å². The van der Waals surface area contributed by atoms with Gasteiger partial charge in [0, 0.05) is 24.4 Å². The Balaban J connectivity index is 1.27. The summed E-state index contributed by atoms with van der Waals surface area (Å²) in [5, 5.41) is 6.97. The van der Waals surface area contributed by atoms with Gasteiger partial charge in [-0.3, -0.25) is 9.69 Å². The van der Waals surface area contributed by atoms with Crippen LogP contribution in [0.25, 0.3) is 11.4 Å². The van der Waals surface area contributed by atoms with Crippen LogP contribution in [0.1, 0.15) is 38.0 Å². The molecule has 32 heavy (non-hydrogen) atoms. The van der Waals surface area contributed by atoms with E-state index >= 15 is 0 Å². The van der Waals surface area contributed by atoms with Gasteiger partial charge in [0.2, 0.25) is 17.6 Å². The van der Waals surface area contributed by atoms with Crippen molar-refractivity contribution in [2.75, 3.05) is 31.7 Å². The number of benzene rings is 1. The summed E-state index contributed by atoms with van der Waals surface area (Å²) in [5.74, 6) is 1.74. The summed E-state index contributed by atoms with van der Waals surface area (Å²) in [6, 6.07) is 6.92. The molecule has 3 heterocycles. The van der Waals surface area contributed by atoms with Crippen LogP contribution in [0.2, 0.25) is 0 Å². The number of likely N-dealkylation sites (tertiary alicyclic amines) is 1. The van der Waals surface area contributed by atoms with Crippen molar-refractivity contribution in [3.05, 3.63) is 30.2 Å². The van der Waals surface area contributed by atoms with Gasteiger partial charge in [0.25, 0.3) is 0 Å². The molecule has 2 aliphatic rings. The summed E-state index contributed by atoms with van der Waals surface area (Å²) in [6.45, 7) is 1.81. The zero-order valence-corrected chi connectivity index (χ0v) is 19.1. The smallest absolute Gasteiger partial charge is 0.226 e. The number of sulfone groups is 1. The zero-order valence-electron chi connectivity index (χ0n) is 18.3. The predicted octanol–water partition coefficient (Wildman–Crippen LogP) is 1.84. The third-order valence-corrected chi connectivity index (χ3v) is 7.86. The molecule has 1 aromatic heterocycles. The number of hydrogen-bond acceptors (Lipinski definition) is 8. The molecule has 2 aromatic rings. The highest BCUT2D eigenvalue weighted by Gasteiger charge is 2.41. The highest BCUT2D eigenvalue weighted by atomic mass is 32.2. The molecule has 0 bridgehead atoms. The van der Waals surface area contributed by atoms with Crippen molar-refractivity contribution in [3.63, 3.8) is 0 Å². The van der Waals surface area contributed by atoms with Crippen LogP contribution in [0.3, 0.4) is 0 Å². The van der Waals surface area contributed by atoms with Crippen molar-refractivity contribution in [1.82, 2.24) is 20.4 Å². The maximum absolute atomic E-state index is 12.5. The van der Waals surface area contributed by atoms with Gasteiger partial charge in [-0.15, -0.1) is 0 Å². The van der Waals surface area contributed by atoms with E-state index in [1.807, 2.05) is 24.3 Å². The number of ether oxygens (including phenoxy) is 1. The van der Waals surface area contributed by atoms with Crippen LogP contribution in [0, 0.1) is 0 Å². The average Bonchev–Trinajstić information content (AvgIpc) is 3.38. The number of hydrogen-bond donors (Lipinski definition) is 1. The highest BCUT2D eigenvalue weighted by molar-refractivity contribution is 7.91. The summed E-state index contributed by atoms with van der Waals surface area (Å²) in [7, 11) is -1.52. The second kappa shape index (κ2) is 9.99. The summed E-state index contributed by atoms with van der Waals surface area (Å²) in [6.07, 6.45) is 4.66. The minimum Gasteiger partial charge on any atom is -0.497 e. The Morgan fingerprint density at radius 1 is 1.19 bits per heavy atom. The maximum Gasteiger partial charge on any atom is 0.226 e. The number of amides is 1. The fraction of sp³-hybridized carbons (Fsp3) is 0.591. The number of rotatable bonds is 8. The van der Waals surface area contributed by atoms with Crippen molar-refractivity contribution in [2.45, 2.75) is 50.6 Å². The Labute approximate surface area is 188 Å². The van der Waals surface area contributed by atoms with Gasteiger partial charge in [-0.25, -0.2) is 8.42 Å². The second-order valence-electron chi connectivity index (χ2n) is 8.51. The van der Waals surface area contributed by atoms with Crippen LogP contribution in [-0.4, -0.2) is 73.2 Å². The van der Waals surface area contributed by atoms with E-state index in [4.69, 9.17) is 9.26 Å². The first-order valence-electron chi connectivity index (χ1n) is 11.1. The van der Waals surface area contributed by atoms with Crippen LogP contribution < -0.4 is 10.1 Å². The minimum atomic E-state index is -3.13. The zero-order chi connectivity index (χ0) is 22.6. The monoisotopic (exact) mass is 462 g/mol.